The van der Waals surface area contributed by atoms with Gasteiger partial charge in [-0.2, -0.15) is 0 Å². The maximum absolute atomic E-state index is 12.5. The van der Waals surface area contributed by atoms with Crippen LogP contribution in [0.15, 0.2) is 47.8 Å². The fourth-order valence-electron chi connectivity index (χ4n) is 3.70. The summed E-state index contributed by atoms with van der Waals surface area (Å²) in [7, 11) is 0. The molecule has 2 saturated heterocycles. The normalized spacial score (nSPS) is 23.9. The second-order valence-electron chi connectivity index (χ2n) is 6.48. The van der Waals surface area contributed by atoms with Crippen LogP contribution in [0.2, 0.25) is 0 Å². The lowest BCUT2D eigenvalue weighted by molar-refractivity contribution is -0.103. The van der Waals surface area contributed by atoms with E-state index in [4.69, 9.17) is 17.1 Å². The van der Waals surface area contributed by atoms with Gasteiger partial charge in [-0.25, -0.2) is 9.86 Å². The molecule has 0 saturated carbocycles. The van der Waals surface area contributed by atoms with Crippen LogP contribution in [0.4, 0.5) is 4.79 Å². The van der Waals surface area contributed by atoms with Crippen LogP contribution in [0.25, 0.3) is 0 Å². The summed E-state index contributed by atoms with van der Waals surface area (Å²) in [6.45, 7) is 0.927. The highest BCUT2D eigenvalue weighted by Crippen LogP contribution is 2.48. The van der Waals surface area contributed by atoms with Gasteiger partial charge in [-0.15, -0.1) is 11.3 Å². The molecule has 0 spiro atoms. The Labute approximate surface area is 165 Å². The summed E-state index contributed by atoms with van der Waals surface area (Å²) in [5, 5.41) is 15.8. The molecule has 2 amide bonds. The number of thiophene rings is 1. The minimum Gasteiger partial charge on any atom is -0.465 e. The van der Waals surface area contributed by atoms with Crippen molar-refractivity contribution in [2.24, 2.45) is 5.92 Å². The van der Waals surface area contributed by atoms with Gasteiger partial charge in [0.05, 0.1) is 13.2 Å². The highest BCUT2D eigenvalue weighted by Gasteiger charge is 2.59. The van der Waals surface area contributed by atoms with Gasteiger partial charge in [0.2, 0.25) is 5.11 Å². The number of hydrogen-bond acceptors (Lipinski definition) is 5. The van der Waals surface area contributed by atoms with Gasteiger partial charge in [-0.3, -0.25) is 14.9 Å². The number of carboxylic acid groups (broad SMARTS) is 1. The predicted molar refractivity (Wildman–Crippen MR) is 103 cm³/mol. The summed E-state index contributed by atoms with van der Waals surface area (Å²) in [5.41, 5.74) is -0.243. The van der Waals surface area contributed by atoms with Gasteiger partial charge in [0.15, 0.2) is 0 Å². The Bertz CT molecular complexity index is 874. The summed E-state index contributed by atoms with van der Waals surface area (Å²) >= 11 is 7.00. The molecule has 3 heterocycles. The molecule has 2 unspecified atom stereocenters. The first-order valence-electron chi connectivity index (χ1n) is 8.38. The smallest absolute Gasteiger partial charge is 0.407 e. The third kappa shape index (κ3) is 2.97. The minimum atomic E-state index is -0.973. The Morgan fingerprint density at radius 3 is 2.70 bits per heavy atom. The second-order valence-corrected chi connectivity index (χ2v) is 7.81. The van der Waals surface area contributed by atoms with E-state index >= 15 is 0 Å². The zero-order valence-corrected chi connectivity index (χ0v) is 15.8. The summed E-state index contributed by atoms with van der Waals surface area (Å²) in [6, 6.07) is 12.6. The first kappa shape index (κ1) is 17.9. The number of thiocarbonyl (C=S) groups is 1. The van der Waals surface area contributed by atoms with Gasteiger partial charge in [-0.1, -0.05) is 24.3 Å². The van der Waals surface area contributed by atoms with Gasteiger partial charge >= 0.3 is 6.09 Å². The van der Waals surface area contributed by atoms with Crippen molar-refractivity contribution in [1.29, 1.82) is 0 Å². The van der Waals surface area contributed by atoms with E-state index in [1.807, 2.05) is 23.6 Å². The molecule has 0 aliphatic carbocycles. The average Bonchev–Trinajstić information content (AvgIpc) is 3.36. The molecule has 2 aliphatic heterocycles. The van der Waals surface area contributed by atoms with Crippen LogP contribution in [0.1, 0.15) is 15.2 Å². The molecule has 0 bridgehead atoms. The van der Waals surface area contributed by atoms with E-state index in [2.05, 4.69) is 5.32 Å². The fraction of sp³-hybridized carbons (Fsp3) is 0.278. The Morgan fingerprint density at radius 1 is 1.26 bits per heavy atom. The standard InChI is InChI=1S/C18H17N3O4S2/c22-15(12-5-2-1-3-6-12)19-16(26)21-18(14-7-4-8-27-14)11-20(17(23)24)9-13(18)10-25-21/h1-8,13H,9-11H2,(H,23,24)(H,19,22,26). The highest BCUT2D eigenvalue weighted by atomic mass is 32.1. The van der Waals surface area contributed by atoms with Crippen molar-refractivity contribution >= 4 is 40.7 Å². The topological polar surface area (TPSA) is 82.1 Å². The van der Waals surface area contributed by atoms with Gasteiger partial charge in [-0.05, 0) is 35.8 Å². The zero-order chi connectivity index (χ0) is 19.0. The van der Waals surface area contributed by atoms with Crippen molar-refractivity contribution in [2.45, 2.75) is 5.54 Å². The SMILES string of the molecule is O=C(NC(=S)N1OCC2CN(C(=O)O)CC21c1cccs1)c1ccccc1. The summed E-state index contributed by atoms with van der Waals surface area (Å²) < 4.78 is 0. The molecule has 27 heavy (non-hydrogen) atoms. The van der Waals surface area contributed by atoms with E-state index in [0.29, 0.717) is 18.7 Å². The van der Waals surface area contributed by atoms with Crippen molar-refractivity contribution in [2.75, 3.05) is 19.7 Å². The van der Waals surface area contributed by atoms with Crippen molar-refractivity contribution in [3.05, 3.63) is 58.3 Å². The number of amides is 2. The number of nitrogens with one attached hydrogen (secondary N) is 1. The lowest BCUT2D eigenvalue weighted by atomic mass is 9.87. The third-order valence-electron chi connectivity index (χ3n) is 4.97. The number of hydrogen-bond donors (Lipinski definition) is 2. The minimum absolute atomic E-state index is 0.0705. The number of hydroxylamine groups is 2. The average molecular weight is 403 g/mol. The van der Waals surface area contributed by atoms with E-state index in [1.165, 1.54) is 21.3 Å². The molecule has 2 aliphatic rings. The van der Waals surface area contributed by atoms with Crippen LogP contribution in [0, 0.1) is 5.92 Å². The van der Waals surface area contributed by atoms with Crippen LogP contribution in [-0.4, -0.2) is 51.9 Å². The quantitative estimate of drug-likeness (QED) is 0.750. The predicted octanol–water partition coefficient (Wildman–Crippen LogP) is 2.52. The van der Waals surface area contributed by atoms with E-state index in [9.17, 15) is 14.7 Å². The molecule has 2 fully saturated rings. The number of likely N-dealkylation sites (tertiary alicyclic amines) is 1. The van der Waals surface area contributed by atoms with Gasteiger partial charge in [0.25, 0.3) is 5.91 Å². The number of carbonyl (C=O) groups excluding carboxylic acids is 1. The number of fused-ring (bicyclic) bond motifs is 1. The number of rotatable bonds is 2. The summed E-state index contributed by atoms with van der Waals surface area (Å²) in [5.74, 6) is -0.402. The molecule has 1 aromatic heterocycles. The largest absolute Gasteiger partial charge is 0.465 e. The third-order valence-corrected chi connectivity index (χ3v) is 6.28. The molecule has 140 valence electrons. The Morgan fingerprint density at radius 2 is 2.04 bits per heavy atom. The molecule has 2 aromatic rings. The Hall–Kier alpha value is -2.49. The second kappa shape index (κ2) is 6.91. The summed E-state index contributed by atoms with van der Waals surface area (Å²) in [4.78, 5) is 32.2. The van der Waals surface area contributed by atoms with Gasteiger partial charge in [0.1, 0.15) is 5.54 Å². The van der Waals surface area contributed by atoms with Gasteiger partial charge in [0, 0.05) is 22.9 Å². The molecule has 9 heteroatoms. The Balaban J connectivity index is 1.62. The number of nitrogens with zero attached hydrogens (tertiary/aromatic N) is 2. The fourth-order valence-corrected chi connectivity index (χ4v) is 4.99. The van der Waals surface area contributed by atoms with Gasteiger partial charge < -0.3 is 10.0 Å². The van der Waals surface area contributed by atoms with E-state index in [-0.39, 0.29) is 23.5 Å². The van der Waals surface area contributed by atoms with Crippen LogP contribution in [0.5, 0.6) is 0 Å². The molecule has 4 rings (SSSR count). The number of benzene rings is 1. The van der Waals surface area contributed by atoms with Crippen molar-refractivity contribution in [3.63, 3.8) is 0 Å². The van der Waals surface area contributed by atoms with Crippen molar-refractivity contribution in [3.8, 4) is 0 Å². The van der Waals surface area contributed by atoms with Crippen molar-refractivity contribution < 1.29 is 19.5 Å². The molecule has 1 aromatic carbocycles. The lowest BCUT2D eigenvalue weighted by Crippen LogP contribution is -2.53. The van der Waals surface area contributed by atoms with Crippen LogP contribution in [-0.2, 0) is 10.4 Å². The molecular weight excluding hydrogens is 386 g/mol. The van der Waals surface area contributed by atoms with Crippen molar-refractivity contribution in [1.82, 2.24) is 15.3 Å². The maximum Gasteiger partial charge on any atom is 0.407 e. The van der Waals surface area contributed by atoms with E-state index < -0.39 is 11.6 Å². The zero-order valence-electron chi connectivity index (χ0n) is 14.2. The first-order chi connectivity index (χ1) is 13.0. The monoisotopic (exact) mass is 403 g/mol. The highest BCUT2D eigenvalue weighted by molar-refractivity contribution is 7.80. The van der Waals surface area contributed by atoms with E-state index in [0.717, 1.165) is 4.88 Å². The van der Waals surface area contributed by atoms with E-state index in [1.54, 1.807) is 24.3 Å². The van der Waals surface area contributed by atoms with Crippen LogP contribution >= 0.6 is 23.6 Å². The number of carbonyl (C=O) groups is 2. The maximum atomic E-state index is 12.5. The summed E-state index contributed by atoms with van der Waals surface area (Å²) in [6.07, 6.45) is -0.973. The first-order valence-corrected chi connectivity index (χ1v) is 9.66. The molecule has 0 radical (unpaired) electrons. The van der Waals surface area contributed by atoms with Crippen LogP contribution < -0.4 is 5.32 Å². The molecular formula is C18H17N3O4S2. The lowest BCUT2D eigenvalue weighted by Gasteiger charge is -2.36. The molecule has 2 N–H and O–H groups in total. The van der Waals surface area contributed by atoms with Crippen LogP contribution in [0.3, 0.4) is 0 Å². The molecule has 7 nitrogen and oxygen atoms in total. The Kier molecular flexibility index (Phi) is 4.58. The molecule has 2 atom stereocenters.